The van der Waals surface area contributed by atoms with E-state index in [-0.39, 0.29) is 17.9 Å². The molecule has 1 unspecified atom stereocenters. The first-order valence-electron chi connectivity index (χ1n) is 7.52. The first-order chi connectivity index (χ1) is 12.4. The number of benzene rings is 2. The SMILES string of the molecule is Cc1cc(CN2N=NN(c3ccc(Br)cc3F)C2C=O)ccc1[N+](=O)[O-]. The van der Waals surface area contributed by atoms with Crippen LogP contribution in [0.4, 0.5) is 15.8 Å². The number of aldehydes is 1. The Morgan fingerprint density at radius 1 is 1.31 bits per heavy atom. The van der Waals surface area contributed by atoms with Crippen LogP contribution in [0.15, 0.2) is 51.3 Å². The molecule has 3 rings (SSSR count). The molecule has 0 radical (unpaired) electrons. The molecular weight excluding hydrogens is 409 g/mol. The van der Waals surface area contributed by atoms with Gasteiger partial charge in [-0.25, -0.2) is 14.4 Å². The van der Waals surface area contributed by atoms with Crippen molar-refractivity contribution in [1.82, 2.24) is 5.01 Å². The summed E-state index contributed by atoms with van der Waals surface area (Å²) in [6.07, 6.45) is -0.305. The first-order valence-corrected chi connectivity index (χ1v) is 8.31. The molecule has 0 aliphatic carbocycles. The summed E-state index contributed by atoms with van der Waals surface area (Å²) in [7, 11) is 0. The summed E-state index contributed by atoms with van der Waals surface area (Å²) in [5.74, 6) is -0.543. The predicted octanol–water partition coefficient (Wildman–Crippen LogP) is 3.93. The maximum atomic E-state index is 14.2. The van der Waals surface area contributed by atoms with E-state index in [1.165, 1.54) is 28.2 Å². The van der Waals surface area contributed by atoms with E-state index in [1.807, 2.05) is 0 Å². The molecule has 1 aliphatic rings. The molecule has 0 spiro atoms. The minimum Gasteiger partial charge on any atom is -0.299 e. The van der Waals surface area contributed by atoms with Gasteiger partial charge in [-0.1, -0.05) is 27.2 Å². The van der Waals surface area contributed by atoms with Crippen molar-refractivity contribution in [3.05, 3.63) is 67.9 Å². The largest absolute Gasteiger partial charge is 0.299 e. The average molecular weight is 422 g/mol. The number of carbonyl (C=O) groups is 1. The van der Waals surface area contributed by atoms with Gasteiger partial charge >= 0.3 is 0 Å². The molecule has 0 amide bonds. The van der Waals surface area contributed by atoms with Gasteiger partial charge < -0.3 is 0 Å². The van der Waals surface area contributed by atoms with E-state index in [9.17, 15) is 19.3 Å². The number of anilines is 1. The first kappa shape index (κ1) is 17.9. The zero-order valence-electron chi connectivity index (χ0n) is 13.5. The van der Waals surface area contributed by atoms with Crippen LogP contribution in [-0.4, -0.2) is 22.4 Å². The second kappa shape index (κ2) is 7.16. The van der Waals surface area contributed by atoms with Gasteiger partial charge in [0.2, 0.25) is 0 Å². The fourth-order valence-corrected chi connectivity index (χ4v) is 2.98. The predicted molar refractivity (Wildman–Crippen MR) is 94.7 cm³/mol. The maximum absolute atomic E-state index is 14.2. The van der Waals surface area contributed by atoms with Crippen molar-refractivity contribution < 1.29 is 14.1 Å². The molecule has 1 heterocycles. The molecule has 1 atom stereocenters. The van der Waals surface area contributed by atoms with Crippen molar-refractivity contribution in [2.24, 2.45) is 10.4 Å². The normalized spacial score (nSPS) is 16.2. The van der Waals surface area contributed by atoms with Crippen molar-refractivity contribution in [2.75, 3.05) is 5.01 Å². The Bertz CT molecular complexity index is 907. The lowest BCUT2D eigenvalue weighted by molar-refractivity contribution is -0.385. The highest BCUT2D eigenvalue weighted by molar-refractivity contribution is 9.10. The van der Waals surface area contributed by atoms with Crippen LogP contribution in [0.1, 0.15) is 11.1 Å². The number of nitro groups is 1. The Hall–Kier alpha value is -2.88. The van der Waals surface area contributed by atoms with Crippen LogP contribution in [0, 0.1) is 22.9 Å². The molecule has 26 heavy (non-hydrogen) atoms. The van der Waals surface area contributed by atoms with Gasteiger partial charge in [0.25, 0.3) is 5.69 Å². The third-order valence-corrected chi connectivity index (χ3v) is 4.38. The highest BCUT2D eigenvalue weighted by Crippen LogP contribution is 2.30. The Balaban J connectivity index is 1.82. The number of aryl methyl sites for hydroxylation is 1. The van der Waals surface area contributed by atoms with E-state index in [2.05, 4.69) is 26.4 Å². The summed E-state index contributed by atoms with van der Waals surface area (Å²) >= 11 is 3.18. The van der Waals surface area contributed by atoms with Crippen LogP contribution in [0.5, 0.6) is 0 Å². The van der Waals surface area contributed by atoms with Gasteiger partial charge in [-0.2, -0.15) is 0 Å². The second-order valence-electron chi connectivity index (χ2n) is 5.64. The summed E-state index contributed by atoms with van der Waals surface area (Å²) < 4.78 is 14.7. The number of hydrogen-bond donors (Lipinski definition) is 0. The van der Waals surface area contributed by atoms with E-state index in [4.69, 9.17) is 0 Å². The van der Waals surface area contributed by atoms with E-state index in [0.29, 0.717) is 16.3 Å². The molecule has 0 N–H and O–H groups in total. The van der Waals surface area contributed by atoms with E-state index in [1.54, 1.807) is 25.1 Å². The quantitative estimate of drug-likeness (QED) is 0.414. The van der Waals surface area contributed by atoms with Crippen LogP contribution in [0.3, 0.4) is 0 Å². The van der Waals surface area contributed by atoms with Crippen LogP contribution < -0.4 is 5.01 Å². The lowest BCUT2D eigenvalue weighted by Gasteiger charge is -2.24. The van der Waals surface area contributed by atoms with Crippen molar-refractivity contribution in [1.29, 1.82) is 0 Å². The van der Waals surface area contributed by atoms with Gasteiger partial charge in [-0.05, 0) is 42.0 Å². The monoisotopic (exact) mass is 421 g/mol. The van der Waals surface area contributed by atoms with E-state index >= 15 is 0 Å². The third kappa shape index (κ3) is 3.40. The second-order valence-corrected chi connectivity index (χ2v) is 6.56. The van der Waals surface area contributed by atoms with Crippen molar-refractivity contribution in [3.8, 4) is 0 Å². The lowest BCUT2D eigenvalue weighted by Crippen LogP contribution is -2.39. The number of nitrogens with zero attached hydrogens (tertiary/aromatic N) is 5. The number of hydrogen-bond acceptors (Lipinski definition) is 7. The minimum atomic E-state index is -0.916. The summed E-state index contributed by atoms with van der Waals surface area (Å²) in [5, 5.41) is 21.3. The molecule has 0 saturated heterocycles. The summed E-state index contributed by atoms with van der Waals surface area (Å²) in [6, 6.07) is 9.05. The zero-order valence-corrected chi connectivity index (χ0v) is 15.1. The maximum Gasteiger partial charge on any atom is 0.272 e. The summed E-state index contributed by atoms with van der Waals surface area (Å²) in [4.78, 5) is 22.0. The molecule has 0 saturated carbocycles. The fourth-order valence-electron chi connectivity index (χ4n) is 2.65. The Morgan fingerprint density at radius 2 is 2.08 bits per heavy atom. The molecule has 8 nitrogen and oxygen atoms in total. The van der Waals surface area contributed by atoms with Crippen LogP contribution in [0.25, 0.3) is 0 Å². The topological polar surface area (TPSA) is 91.4 Å². The molecule has 2 aromatic carbocycles. The van der Waals surface area contributed by atoms with Crippen LogP contribution in [0.2, 0.25) is 0 Å². The molecule has 0 bridgehead atoms. The zero-order chi connectivity index (χ0) is 18.8. The standard InChI is InChI=1S/C16H13BrFN5O3/c1-10-6-11(2-4-14(10)23(25)26)8-21-16(9-24)22(20-19-21)15-5-3-12(17)7-13(15)18/h2-7,9,16H,8H2,1H3. The van der Waals surface area contributed by atoms with Crippen molar-refractivity contribution >= 4 is 33.6 Å². The molecule has 1 aliphatic heterocycles. The molecule has 10 heteroatoms. The highest BCUT2D eigenvalue weighted by atomic mass is 79.9. The van der Waals surface area contributed by atoms with E-state index < -0.39 is 16.9 Å². The van der Waals surface area contributed by atoms with Crippen molar-refractivity contribution in [3.63, 3.8) is 0 Å². The van der Waals surface area contributed by atoms with Crippen LogP contribution in [-0.2, 0) is 11.3 Å². The Kier molecular flexibility index (Phi) is 4.94. The lowest BCUT2D eigenvalue weighted by atomic mass is 10.1. The van der Waals surface area contributed by atoms with Crippen LogP contribution >= 0.6 is 15.9 Å². The summed E-state index contributed by atoms with van der Waals surface area (Å²) in [6.45, 7) is 1.83. The molecule has 134 valence electrons. The van der Waals surface area contributed by atoms with Gasteiger partial charge in [0.1, 0.15) is 5.82 Å². The van der Waals surface area contributed by atoms with Gasteiger partial charge in [0.05, 0.1) is 17.2 Å². The average Bonchev–Trinajstić information content (AvgIpc) is 2.97. The Labute approximate surface area is 156 Å². The van der Waals surface area contributed by atoms with Gasteiger partial charge in [0.15, 0.2) is 12.5 Å². The minimum absolute atomic E-state index is 0.0160. The molecule has 0 aromatic heterocycles. The van der Waals surface area contributed by atoms with Gasteiger partial charge in [-0.15, -0.1) is 0 Å². The number of carbonyl (C=O) groups excluding carboxylic acids is 1. The van der Waals surface area contributed by atoms with Gasteiger partial charge in [-0.3, -0.25) is 14.9 Å². The van der Waals surface area contributed by atoms with E-state index in [0.717, 1.165) is 5.56 Å². The smallest absolute Gasteiger partial charge is 0.272 e. The third-order valence-electron chi connectivity index (χ3n) is 3.89. The molecule has 0 fully saturated rings. The number of halogens is 2. The van der Waals surface area contributed by atoms with Gasteiger partial charge in [0, 0.05) is 16.1 Å². The number of rotatable bonds is 5. The Morgan fingerprint density at radius 3 is 2.69 bits per heavy atom. The fraction of sp³-hybridized carbons (Fsp3) is 0.188. The highest BCUT2D eigenvalue weighted by Gasteiger charge is 2.32. The van der Waals surface area contributed by atoms with Crippen molar-refractivity contribution in [2.45, 2.75) is 19.6 Å². The molecule has 2 aromatic rings. The molecular formula is C16H13BrFN5O3. The number of nitro benzene ring substituents is 1. The summed E-state index contributed by atoms with van der Waals surface area (Å²) in [5.41, 5.74) is 1.36.